The maximum Gasteiger partial charge on any atom is 0.116 e. The molecule has 3 nitrogen and oxygen atoms in total. The number of benzene rings is 1. The monoisotopic (exact) mass is 261 g/mol. The summed E-state index contributed by atoms with van der Waals surface area (Å²) in [6.45, 7) is 4.00. The van der Waals surface area contributed by atoms with Gasteiger partial charge in [0.15, 0.2) is 0 Å². The second kappa shape index (κ2) is 5.61. The SMILES string of the molecule is C[C@H]1[C@@H](c2ccccc2)O[C@@H]([C@H]2CCCOC2)N1C. The number of hydrogen-bond acceptors (Lipinski definition) is 3. The van der Waals surface area contributed by atoms with Crippen molar-refractivity contribution >= 4 is 0 Å². The van der Waals surface area contributed by atoms with Crippen molar-refractivity contribution in [1.82, 2.24) is 4.90 Å². The summed E-state index contributed by atoms with van der Waals surface area (Å²) >= 11 is 0. The van der Waals surface area contributed by atoms with E-state index in [9.17, 15) is 0 Å². The van der Waals surface area contributed by atoms with E-state index in [1.807, 2.05) is 0 Å². The smallest absolute Gasteiger partial charge is 0.116 e. The fourth-order valence-corrected chi connectivity index (χ4v) is 3.24. The molecule has 1 aromatic carbocycles. The van der Waals surface area contributed by atoms with Crippen LogP contribution in [-0.2, 0) is 9.47 Å². The van der Waals surface area contributed by atoms with Crippen LogP contribution in [-0.4, -0.2) is 37.4 Å². The Bertz CT molecular complexity index is 402. The molecule has 0 N–H and O–H groups in total. The molecule has 0 radical (unpaired) electrons. The van der Waals surface area contributed by atoms with Crippen LogP contribution in [0.2, 0.25) is 0 Å². The second-order valence-corrected chi connectivity index (χ2v) is 5.74. The van der Waals surface area contributed by atoms with Crippen LogP contribution in [0.3, 0.4) is 0 Å². The Labute approximate surface area is 115 Å². The first kappa shape index (κ1) is 13.1. The molecule has 1 aromatic rings. The number of hydrogen-bond donors (Lipinski definition) is 0. The number of rotatable bonds is 2. The topological polar surface area (TPSA) is 21.7 Å². The molecule has 2 aliphatic rings. The molecule has 2 aliphatic heterocycles. The molecule has 19 heavy (non-hydrogen) atoms. The largest absolute Gasteiger partial charge is 0.381 e. The van der Waals surface area contributed by atoms with E-state index in [-0.39, 0.29) is 12.3 Å². The first-order valence-corrected chi connectivity index (χ1v) is 7.27. The minimum absolute atomic E-state index is 0.179. The number of likely N-dealkylation sites (N-methyl/N-ethyl adjacent to an activating group) is 1. The molecule has 0 aliphatic carbocycles. The molecule has 0 spiro atoms. The Kier molecular flexibility index (Phi) is 3.87. The number of ether oxygens (including phenoxy) is 2. The summed E-state index contributed by atoms with van der Waals surface area (Å²) in [5.74, 6) is 0.509. The van der Waals surface area contributed by atoms with Gasteiger partial charge in [0.1, 0.15) is 6.23 Å². The predicted molar refractivity (Wildman–Crippen MR) is 74.8 cm³/mol. The van der Waals surface area contributed by atoms with Gasteiger partial charge < -0.3 is 9.47 Å². The molecule has 2 saturated heterocycles. The van der Waals surface area contributed by atoms with Gasteiger partial charge in [-0.15, -0.1) is 0 Å². The highest BCUT2D eigenvalue weighted by molar-refractivity contribution is 5.20. The normalized spacial score (nSPS) is 36.5. The summed E-state index contributed by atoms with van der Waals surface area (Å²) < 4.78 is 12.0. The van der Waals surface area contributed by atoms with E-state index in [4.69, 9.17) is 9.47 Å². The van der Waals surface area contributed by atoms with Gasteiger partial charge in [-0.3, -0.25) is 4.90 Å². The summed E-state index contributed by atoms with van der Waals surface area (Å²) in [5, 5.41) is 0. The lowest BCUT2D eigenvalue weighted by molar-refractivity contribution is -0.0790. The molecule has 0 unspecified atom stereocenters. The Morgan fingerprint density at radius 2 is 2.00 bits per heavy atom. The highest BCUT2D eigenvalue weighted by Gasteiger charge is 2.42. The van der Waals surface area contributed by atoms with Crippen molar-refractivity contribution in [3.63, 3.8) is 0 Å². The third-order valence-electron chi connectivity index (χ3n) is 4.49. The van der Waals surface area contributed by atoms with Gasteiger partial charge in [-0.05, 0) is 32.4 Å². The predicted octanol–water partition coefficient (Wildman–Crippen LogP) is 2.83. The highest BCUT2D eigenvalue weighted by Crippen LogP contribution is 2.38. The van der Waals surface area contributed by atoms with Gasteiger partial charge in [-0.2, -0.15) is 0 Å². The Balaban J connectivity index is 1.75. The van der Waals surface area contributed by atoms with E-state index in [1.165, 1.54) is 12.0 Å². The zero-order chi connectivity index (χ0) is 13.2. The van der Waals surface area contributed by atoms with Crippen molar-refractivity contribution in [2.24, 2.45) is 5.92 Å². The maximum absolute atomic E-state index is 6.36. The van der Waals surface area contributed by atoms with Crippen LogP contribution in [0.1, 0.15) is 31.4 Å². The molecule has 0 bridgehead atoms. The summed E-state index contributed by atoms with van der Waals surface area (Å²) in [7, 11) is 2.17. The van der Waals surface area contributed by atoms with Gasteiger partial charge in [0.05, 0.1) is 12.7 Å². The van der Waals surface area contributed by atoms with Crippen LogP contribution in [0, 0.1) is 5.92 Å². The zero-order valence-corrected chi connectivity index (χ0v) is 11.8. The second-order valence-electron chi connectivity index (χ2n) is 5.74. The van der Waals surface area contributed by atoms with Crippen LogP contribution < -0.4 is 0 Å². The average Bonchev–Trinajstić information content (AvgIpc) is 2.77. The van der Waals surface area contributed by atoms with Crippen LogP contribution in [0.4, 0.5) is 0 Å². The molecule has 2 fully saturated rings. The van der Waals surface area contributed by atoms with Crippen LogP contribution in [0.15, 0.2) is 30.3 Å². The van der Waals surface area contributed by atoms with E-state index in [1.54, 1.807) is 0 Å². The van der Waals surface area contributed by atoms with Gasteiger partial charge in [0, 0.05) is 18.6 Å². The standard InChI is InChI=1S/C16H23NO2/c1-12-15(13-7-4-3-5-8-13)19-16(17(12)2)14-9-6-10-18-11-14/h3-5,7-8,12,14-16H,6,9-11H2,1-2H3/t12-,14-,15-,16-/m0/s1. The van der Waals surface area contributed by atoms with Crippen LogP contribution >= 0.6 is 0 Å². The minimum Gasteiger partial charge on any atom is -0.381 e. The Hall–Kier alpha value is -0.900. The van der Waals surface area contributed by atoms with Crippen LogP contribution in [0.5, 0.6) is 0 Å². The molecule has 4 atom stereocenters. The van der Waals surface area contributed by atoms with Crippen molar-refractivity contribution in [3.8, 4) is 0 Å². The summed E-state index contributed by atoms with van der Waals surface area (Å²) in [5.41, 5.74) is 1.28. The molecule has 0 saturated carbocycles. The van der Waals surface area contributed by atoms with Crippen molar-refractivity contribution in [1.29, 1.82) is 0 Å². The number of nitrogens with zero attached hydrogens (tertiary/aromatic N) is 1. The molecule has 0 aromatic heterocycles. The molecular formula is C16H23NO2. The molecule has 3 rings (SSSR count). The molecule has 0 amide bonds. The quantitative estimate of drug-likeness (QED) is 0.817. The third-order valence-corrected chi connectivity index (χ3v) is 4.49. The molecule has 2 heterocycles. The maximum atomic E-state index is 6.36. The summed E-state index contributed by atoms with van der Waals surface area (Å²) in [6.07, 6.45) is 2.74. The van der Waals surface area contributed by atoms with Crippen LogP contribution in [0.25, 0.3) is 0 Å². The minimum atomic E-state index is 0.179. The van der Waals surface area contributed by atoms with Crippen molar-refractivity contribution in [3.05, 3.63) is 35.9 Å². The summed E-state index contributed by atoms with van der Waals surface area (Å²) in [6, 6.07) is 11.0. The average molecular weight is 261 g/mol. The fourth-order valence-electron chi connectivity index (χ4n) is 3.24. The van der Waals surface area contributed by atoms with Gasteiger partial charge in [0.2, 0.25) is 0 Å². The third kappa shape index (κ3) is 2.55. The zero-order valence-electron chi connectivity index (χ0n) is 11.8. The fraction of sp³-hybridized carbons (Fsp3) is 0.625. The Morgan fingerprint density at radius 3 is 2.68 bits per heavy atom. The van der Waals surface area contributed by atoms with E-state index in [2.05, 4.69) is 49.2 Å². The van der Waals surface area contributed by atoms with E-state index >= 15 is 0 Å². The molecule has 3 heteroatoms. The van der Waals surface area contributed by atoms with Crippen molar-refractivity contribution in [2.45, 2.75) is 38.1 Å². The van der Waals surface area contributed by atoms with Crippen molar-refractivity contribution < 1.29 is 9.47 Å². The van der Waals surface area contributed by atoms with E-state index < -0.39 is 0 Å². The Morgan fingerprint density at radius 1 is 1.21 bits per heavy atom. The molecular weight excluding hydrogens is 238 g/mol. The highest BCUT2D eigenvalue weighted by atomic mass is 16.5. The van der Waals surface area contributed by atoms with E-state index in [0.29, 0.717) is 12.0 Å². The van der Waals surface area contributed by atoms with Gasteiger partial charge in [-0.25, -0.2) is 0 Å². The van der Waals surface area contributed by atoms with E-state index in [0.717, 1.165) is 19.6 Å². The first-order chi connectivity index (χ1) is 9.27. The lowest BCUT2D eigenvalue weighted by atomic mass is 9.99. The lowest BCUT2D eigenvalue weighted by Crippen LogP contribution is -2.40. The first-order valence-electron chi connectivity index (χ1n) is 7.27. The molecule has 104 valence electrons. The lowest BCUT2D eigenvalue weighted by Gasteiger charge is -2.31. The van der Waals surface area contributed by atoms with Gasteiger partial charge >= 0.3 is 0 Å². The van der Waals surface area contributed by atoms with Gasteiger partial charge in [0.25, 0.3) is 0 Å². The summed E-state index contributed by atoms with van der Waals surface area (Å²) in [4.78, 5) is 2.37. The van der Waals surface area contributed by atoms with Gasteiger partial charge in [-0.1, -0.05) is 30.3 Å². The van der Waals surface area contributed by atoms with Crippen molar-refractivity contribution in [2.75, 3.05) is 20.3 Å².